The number of hydrogen-bond donors (Lipinski definition) is 1. The summed E-state index contributed by atoms with van der Waals surface area (Å²) in [6, 6.07) is 7.69. The molecule has 0 aromatic heterocycles. The van der Waals surface area contributed by atoms with Crippen molar-refractivity contribution < 1.29 is 9.53 Å². The molecule has 1 aromatic rings. The fourth-order valence-corrected chi connectivity index (χ4v) is 1.81. The van der Waals surface area contributed by atoms with Crippen LogP contribution in [0.3, 0.4) is 0 Å². The van der Waals surface area contributed by atoms with Crippen LogP contribution in [0.2, 0.25) is 0 Å². The van der Waals surface area contributed by atoms with Crippen molar-refractivity contribution in [2.45, 2.75) is 5.92 Å². The Morgan fingerprint density at radius 1 is 1.47 bits per heavy atom. The smallest absolute Gasteiger partial charge is 0.409 e. The molecule has 1 atom stereocenters. The maximum Gasteiger partial charge on any atom is 0.409 e. The first-order valence-electron chi connectivity index (χ1n) is 4.91. The van der Waals surface area contributed by atoms with Gasteiger partial charge >= 0.3 is 6.09 Å². The third-order valence-electron chi connectivity index (χ3n) is 2.65. The van der Waals surface area contributed by atoms with Gasteiger partial charge in [0.15, 0.2) is 0 Å². The highest BCUT2D eigenvalue weighted by molar-refractivity contribution is 5.68. The lowest BCUT2D eigenvalue weighted by Gasteiger charge is -2.30. The van der Waals surface area contributed by atoms with Gasteiger partial charge in [-0.1, -0.05) is 18.2 Å². The molecular weight excluding hydrogens is 192 g/mol. The fraction of sp³-hybridized carbons (Fsp3) is 0.364. The quantitative estimate of drug-likeness (QED) is 0.707. The van der Waals surface area contributed by atoms with Crippen LogP contribution in [0.1, 0.15) is 11.5 Å². The maximum atomic E-state index is 11.1. The Kier molecular flexibility index (Phi) is 2.49. The predicted octanol–water partition coefficient (Wildman–Crippen LogP) is 1.43. The summed E-state index contributed by atoms with van der Waals surface area (Å²) >= 11 is 0. The van der Waals surface area contributed by atoms with Crippen LogP contribution >= 0.6 is 0 Å². The summed E-state index contributed by atoms with van der Waals surface area (Å²) in [5.41, 5.74) is 7.68. The molecule has 1 heterocycles. The average molecular weight is 206 g/mol. The number of amides is 1. The first-order chi connectivity index (χ1) is 7.18. The van der Waals surface area contributed by atoms with Crippen LogP contribution < -0.4 is 5.73 Å². The van der Waals surface area contributed by atoms with Crippen LogP contribution in [0.25, 0.3) is 0 Å². The molecule has 1 aromatic carbocycles. The Hall–Kier alpha value is -1.71. The monoisotopic (exact) mass is 206 g/mol. The van der Waals surface area contributed by atoms with E-state index in [9.17, 15) is 4.79 Å². The topological polar surface area (TPSA) is 55.6 Å². The zero-order valence-corrected chi connectivity index (χ0v) is 8.64. The molecule has 1 aliphatic heterocycles. The van der Waals surface area contributed by atoms with Gasteiger partial charge in [-0.15, -0.1) is 0 Å². The Bertz CT molecular complexity index is 379. The average Bonchev–Trinajstić information content (AvgIpc) is 2.23. The third-order valence-corrected chi connectivity index (χ3v) is 2.65. The highest BCUT2D eigenvalue weighted by Crippen LogP contribution is 2.25. The minimum atomic E-state index is -0.263. The van der Waals surface area contributed by atoms with Gasteiger partial charge in [0.25, 0.3) is 0 Å². The van der Waals surface area contributed by atoms with Gasteiger partial charge in [-0.25, -0.2) is 4.79 Å². The molecule has 4 heteroatoms. The molecule has 2 N–H and O–H groups in total. The van der Waals surface area contributed by atoms with E-state index in [1.165, 1.54) is 0 Å². The van der Waals surface area contributed by atoms with E-state index in [1.807, 2.05) is 24.3 Å². The van der Waals surface area contributed by atoms with Crippen molar-refractivity contribution in [3.63, 3.8) is 0 Å². The van der Waals surface area contributed by atoms with E-state index in [-0.39, 0.29) is 12.0 Å². The number of likely N-dealkylation sites (N-methyl/N-ethyl adjacent to an activating group) is 1. The molecule has 0 saturated carbocycles. The van der Waals surface area contributed by atoms with Gasteiger partial charge in [0.2, 0.25) is 0 Å². The summed E-state index contributed by atoms with van der Waals surface area (Å²) in [4.78, 5) is 12.7. The number of hydrogen-bond acceptors (Lipinski definition) is 3. The molecule has 0 radical (unpaired) electrons. The zero-order valence-electron chi connectivity index (χ0n) is 8.64. The van der Waals surface area contributed by atoms with Crippen molar-refractivity contribution >= 4 is 11.8 Å². The number of rotatable bonds is 1. The number of cyclic esters (lactones) is 1. The Labute approximate surface area is 88.6 Å². The molecular formula is C11H14N2O2. The molecule has 4 nitrogen and oxygen atoms in total. The lowest BCUT2D eigenvalue weighted by atomic mass is 9.97. The number of nitrogens with two attached hydrogens (primary N) is 1. The lowest BCUT2D eigenvalue weighted by molar-refractivity contribution is 0.0720. The summed E-state index contributed by atoms with van der Waals surface area (Å²) < 4.78 is 5.04. The minimum Gasteiger partial charge on any atom is -0.449 e. The number of ether oxygens (including phenoxy) is 1. The van der Waals surface area contributed by atoms with Crippen molar-refractivity contribution in [3.8, 4) is 0 Å². The molecule has 0 aliphatic carbocycles. The van der Waals surface area contributed by atoms with Crippen molar-refractivity contribution in [2.75, 3.05) is 25.9 Å². The largest absolute Gasteiger partial charge is 0.449 e. The predicted molar refractivity (Wildman–Crippen MR) is 57.6 cm³/mol. The second-order valence-electron chi connectivity index (χ2n) is 3.78. The SMILES string of the molecule is CN1CC(c2ccccc2N)COC1=O. The first kappa shape index (κ1) is 9.83. The Morgan fingerprint density at radius 3 is 2.87 bits per heavy atom. The number of carbonyl (C=O) groups is 1. The molecule has 1 amide bonds. The second kappa shape index (κ2) is 3.81. The normalized spacial score (nSPS) is 21.3. The Morgan fingerprint density at radius 2 is 2.20 bits per heavy atom. The second-order valence-corrected chi connectivity index (χ2v) is 3.78. The lowest BCUT2D eigenvalue weighted by Crippen LogP contribution is -2.39. The number of benzene rings is 1. The van der Waals surface area contributed by atoms with Crippen molar-refractivity contribution in [1.29, 1.82) is 0 Å². The van der Waals surface area contributed by atoms with Crippen LogP contribution in [0.15, 0.2) is 24.3 Å². The summed E-state index contributed by atoms with van der Waals surface area (Å²) in [6.45, 7) is 1.07. The van der Waals surface area contributed by atoms with Crippen LogP contribution in [-0.2, 0) is 4.74 Å². The van der Waals surface area contributed by atoms with E-state index in [0.717, 1.165) is 11.3 Å². The van der Waals surface area contributed by atoms with Crippen LogP contribution in [-0.4, -0.2) is 31.2 Å². The van der Waals surface area contributed by atoms with Gasteiger partial charge in [0, 0.05) is 25.2 Å². The fourth-order valence-electron chi connectivity index (χ4n) is 1.81. The van der Waals surface area contributed by atoms with E-state index in [4.69, 9.17) is 10.5 Å². The molecule has 1 aliphatic rings. The molecule has 0 spiro atoms. The van der Waals surface area contributed by atoms with Gasteiger partial charge in [-0.2, -0.15) is 0 Å². The number of carbonyl (C=O) groups excluding carboxylic acids is 1. The highest BCUT2D eigenvalue weighted by atomic mass is 16.6. The number of nitrogens with zero attached hydrogens (tertiary/aromatic N) is 1. The van der Waals surface area contributed by atoms with Gasteiger partial charge < -0.3 is 15.4 Å². The van der Waals surface area contributed by atoms with E-state index < -0.39 is 0 Å². The van der Waals surface area contributed by atoms with Gasteiger partial charge in [-0.05, 0) is 11.6 Å². The van der Waals surface area contributed by atoms with E-state index >= 15 is 0 Å². The maximum absolute atomic E-state index is 11.1. The number of nitrogen functional groups attached to an aromatic ring is 1. The molecule has 2 rings (SSSR count). The van der Waals surface area contributed by atoms with E-state index in [0.29, 0.717) is 13.2 Å². The minimum absolute atomic E-state index is 0.175. The number of anilines is 1. The van der Waals surface area contributed by atoms with Gasteiger partial charge in [0.1, 0.15) is 6.61 Å². The van der Waals surface area contributed by atoms with Gasteiger partial charge in [-0.3, -0.25) is 0 Å². The summed E-state index contributed by atoms with van der Waals surface area (Å²) in [5, 5.41) is 0. The van der Waals surface area contributed by atoms with E-state index in [1.54, 1.807) is 11.9 Å². The summed E-state index contributed by atoms with van der Waals surface area (Å²) in [7, 11) is 1.73. The molecule has 1 fully saturated rings. The molecule has 80 valence electrons. The zero-order chi connectivity index (χ0) is 10.8. The van der Waals surface area contributed by atoms with Crippen LogP contribution in [0, 0.1) is 0 Å². The number of para-hydroxylation sites is 1. The molecule has 15 heavy (non-hydrogen) atoms. The van der Waals surface area contributed by atoms with Crippen molar-refractivity contribution in [2.24, 2.45) is 0 Å². The summed E-state index contributed by atoms with van der Waals surface area (Å²) in [5.74, 6) is 0.175. The van der Waals surface area contributed by atoms with Crippen LogP contribution in [0.4, 0.5) is 10.5 Å². The molecule has 1 unspecified atom stereocenters. The van der Waals surface area contributed by atoms with Crippen molar-refractivity contribution in [3.05, 3.63) is 29.8 Å². The highest BCUT2D eigenvalue weighted by Gasteiger charge is 2.26. The third kappa shape index (κ3) is 1.88. The van der Waals surface area contributed by atoms with Crippen LogP contribution in [0.5, 0.6) is 0 Å². The van der Waals surface area contributed by atoms with E-state index in [2.05, 4.69) is 0 Å². The molecule has 1 saturated heterocycles. The van der Waals surface area contributed by atoms with Gasteiger partial charge in [0.05, 0.1) is 0 Å². The summed E-state index contributed by atoms with van der Waals surface area (Å²) in [6.07, 6.45) is -0.263. The first-order valence-corrected chi connectivity index (χ1v) is 4.91. The molecule has 0 bridgehead atoms. The van der Waals surface area contributed by atoms with Crippen molar-refractivity contribution in [1.82, 2.24) is 4.90 Å². The standard InChI is InChI=1S/C11H14N2O2/c1-13-6-8(7-15-11(13)14)9-4-2-3-5-10(9)12/h2-5,8H,6-7,12H2,1H3. The Balaban J connectivity index is 2.19.